The van der Waals surface area contributed by atoms with E-state index in [9.17, 15) is 8.42 Å². The Morgan fingerprint density at radius 1 is 0.941 bits per heavy atom. The lowest BCUT2D eigenvalue weighted by atomic mass is 9.94. The first-order chi connectivity index (χ1) is 16.5. The number of fused-ring (bicyclic) bond motifs is 2. The maximum Gasteiger partial charge on any atom is 0.195 e. The molecule has 0 radical (unpaired) electrons. The molecule has 3 aromatic rings. The molecule has 0 aromatic heterocycles. The van der Waals surface area contributed by atoms with E-state index in [2.05, 4.69) is 10.2 Å². The van der Waals surface area contributed by atoms with Crippen LogP contribution in [0.25, 0.3) is 10.8 Å². The van der Waals surface area contributed by atoms with E-state index in [1.807, 2.05) is 48.5 Å². The fraction of sp³-hybridized carbons (Fsp3) is 0.407. The number of nitrogens with zero attached hydrogens (tertiary/aromatic N) is 1. The quantitative estimate of drug-likeness (QED) is 0.575. The van der Waals surface area contributed by atoms with E-state index >= 15 is 0 Å². The smallest absolute Gasteiger partial charge is 0.195 e. The van der Waals surface area contributed by atoms with Gasteiger partial charge in [0, 0.05) is 18.5 Å². The molecule has 2 aliphatic heterocycles. The molecule has 0 spiro atoms. The monoisotopic (exact) mass is 480 g/mol. The van der Waals surface area contributed by atoms with Crippen molar-refractivity contribution in [1.29, 1.82) is 0 Å². The van der Waals surface area contributed by atoms with Gasteiger partial charge in [-0.05, 0) is 73.0 Å². The largest absolute Gasteiger partial charge is 0.493 e. The topological polar surface area (TPSA) is 67.9 Å². The number of hydrogen-bond acceptors (Lipinski definition) is 6. The highest BCUT2D eigenvalue weighted by Gasteiger charge is 2.41. The first-order valence-electron chi connectivity index (χ1n) is 11.9. The van der Waals surface area contributed by atoms with E-state index in [-0.39, 0.29) is 5.92 Å². The molecule has 1 N–H and O–H groups in total. The summed E-state index contributed by atoms with van der Waals surface area (Å²) in [5, 5.41) is 4.58. The van der Waals surface area contributed by atoms with Crippen LogP contribution in [0.5, 0.6) is 11.5 Å². The third kappa shape index (κ3) is 4.17. The minimum absolute atomic E-state index is 0.0758. The number of nitrogens with one attached hydrogen (secondary N) is 1. The van der Waals surface area contributed by atoms with E-state index < -0.39 is 15.2 Å². The maximum atomic E-state index is 14.4. The second-order valence-electron chi connectivity index (χ2n) is 9.20. The number of ether oxygens (including phenoxy) is 2. The Balaban J connectivity index is 1.57. The summed E-state index contributed by atoms with van der Waals surface area (Å²) in [5.74, 6) is 1.47. The molecule has 0 bridgehead atoms. The zero-order valence-electron chi connectivity index (χ0n) is 19.8. The molecule has 1 fully saturated rings. The normalized spacial score (nSPS) is 18.4. The second kappa shape index (κ2) is 9.56. The molecule has 2 heterocycles. The molecule has 3 aromatic carbocycles. The summed E-state index contributed by atoms with van der Waals surface area (Å²) in [5.41, 5.74) is 2.30. The van der Waals surface area contributed by atoms with E-state index in [0.29, 0.717) is 29.5 Å². The van der Waals surface area contributed by atoms with Crippen LogP contribution in [0.4, 0.5) is 0 Å². The molecule has 0 aliphatic carbocycles. The van der Waals surface area contributed by atoms with Crippen LogP contribution in [0.2, 0.25) is 0 Å². The van der Waals surface area contributed by atoms with Gasteiger partial charge in [-0.2, -0.15) is 0 Å². The summed E-state index contributed by atoms with van der Waals surface area (Å²) in [7, 11) is -0.341. The van der Waals surface area contributed by atoms with Gasteiger partial charge in [-0.1, -0.05) is 36.4 Å². The zero-order valence-corrected chi connectivity index (χ0v) is 20.6. The molecule has 1 atom stereocenters. The average Bonchev–Trinajstić information content (AvgIpc) is 2.88. The van der Waals surface area contributed by atoms with Crippen molar-refractivity contribution < 1.29 is 17.9 Å². The first kappa shape index (κ1) is 23.1. The van der Waals surface area contributed by atoms with Crippen LogP contribution in [-0.2, 0) is 22.8 Å². The Bertz CT molecular complexity index is 1280. The molecule has 5 rings (SSSR count). The third-order valence-corrected chi connectivity index (χ3v) is 9.56. The number of piperidine rings is 1. The van der Waals surface area contributed by atoms with Gasteiger partial charge in [-0.3, -0.25) is 4.90 Å². The lowest BCUT2D eigenvalue weighted by Crippen LogP contribution is -2.50. The van der Waals surface area contributed by atoms with Crippen LogP contribution in [-0.4, -0.2) is 52.5 Å². The van der Waals surface area contributed by atoms with Gasteiger partial charge in [0.15, 0.2) is 21.3 Å². The van der Waals surface area contributed by atoms with Crippen LogP contribution in [0.1, 0.15) is 24.0 Å². The fourth-order valence-corrected chi connectivity index (χ4v) is 7.95. The van der Waals surface area contributed by atoms with E-state index in [1.165, 1.54) is 5.56 Å². The molecule has 1 unspecified atom stereocenters. The molecule has 6 nitrogen and oxygen atoms in total. The van der Waals surface area contributed by atoms with Gasteiger partial charge < -0.3 is 14.8 Å². The lowest BCUT2D eigenvalue weighted by Gasteiger charge is -2.41. The Hall–Kier alpha value is -2.61. The zero-order chi connectivity index (χ0) is 23.7. The molecule has 1 saturated heterocycles. The van der Waals surface area contributed by atoms with E-state index in [0.717, 1.165) is 48.7 Å². The molecular weight excluding hydrogens is 448 g/mol. The summed E-state index contributed by atoms with van der Waals surface area (Å²) in [6, 6.07) is 17.4. The molecule has 0 amide bonds. The van der Waals surface area contributed by atoms with Crippen molar-refractivity contribution in [3.63, 3.8) is 0 Å². The highest BCUT2D eigenvalue weighted by molar-refractivity contribution is 7.92. The summed E-state index contributed by atoms with van der Waals surface area (Å²) < 4.78 is 39.8. The third-order valence-electron chi connectivity index (χ3n) is 7.27. The molecular formula is C27H32N2O4S. The van der Waals surface area contributed by atoms with Crippen LogP contribution in [0.15, 0.2) is 59.5 Å². The van der Waals surface area contributed by atoms with Gasteiger partial charge in [-0.15, -0.1) is 0 Å². The Labute approximate surface area is 201 Å². The fourth-order valence-electron chi connectivity index (χ4n) is 5.57. The number of rotatable bonds is 6. The Morgan fingerprint density at radius 2 is 1.62 bits per heavy atom. The predicted octanol–water partition coefficient (Wildman–Crippen LogP) is 4.01. The summed E-state index contributed by atoms with van der Waals surface area (Å²) in [6.45, 7) is 2.97. The molecule has 7 heteroatoms. The molecule has 0 saturated carbocycles. The van der Waals surface area contributed by atoms with Gasteiger partial charge in [0.1, 0.15) is 5.37 Å². The second-order valence-corrected chi connectivity index (χ2v) is 11.2. The SMILES string of the molecule is COc1cc2c(cc1OC)CN(C(C1CCNCC1)S(=O)(=O)c1cccc3ccccc13)CC2. The van der Waals surface area contributed by atoms with Crippen molar-refractivity contribution >= 4 is 20.6 Å². The molecule has 2 aliphatic rings. The highest BCUT2D eigenvalue weighted by atomic mass is 32.2. The number of sulfone groups is 1. The average molecular weight is 481 g/mol. The van der Waals surface area contributed by atoms with E-state index in [1.54, 1.807) is 20.3 Å². The van der Waals surface area contributed by atoms with Gasteiger partial charge >= 0.3 is 0 Å². The van der Waals surface area contributed by atoms with Crippen molar-refractivity contribution in [3.8, 4) is 11.5 Å². The van der Waals surface area contributed by atoms with Crippen molar-refractivity contribution in [3.05, 3.63) is 65.7 Å². The van der Waals surface area contributed by atoms with Crippen molar-refractivity contribution in [2.75, 3.05) is 33.9 Å². The Morgan fingerprint density at radius 3 is 2.35 bits per heavy atom. The van der Waals surface area contributed by atoms with Crippen molar-refractivity contribution in [2.45, 2.75) is 36.1 Å². The summed E-state index contributed by atoms with van der Waals surface area (Å²) in [6.07, 6.45) is 2.48. The Kier molecular flexibility index (Phi) is 6.51. The van der Waals surface area contributed by atoms with Gasteiger partial charge in [-0.25, -0.2) is 8.42 Å². The van der Waals surface area contributed by atoms with Crippen molar-refractivity contribution in [2.24, 2.45) is 5.92 Å². The molecule has 180 valence electrons. The van der Waals surface area contributed by atoms with Crippen LogP contribution < -0.4 is 14.8 Å². The number of hydrogen-bond donors (Lipinski definition) is 1. The van der Waals surface area contributed by atoms with Gasteiger partial charge in [0.2, 0.25) is 0 Å². The number of benzene rings is 3. The number of methoxy groups -OCH3 is 2. The van der Waals surface area contributed by atoms with Gasteiger partial charge in [0.25, 0.3) is 0 Å². The minimum atomic E-state index is -3.62. The summed E-state index contributed by atoms with van der Waals surface area (Å²) in [4.78, 5) is 2.62. The van der Waals surface area contributed by atoms with Crippen LogP contribution in [0, 0.1) is 5.92 Å². The first-order valence-corrected chi connectivity index (χ1v) is 13.5. The minimum Gasteiger partial charge on any atom is -0.493 e. The predicted molar refractivity (Wildman–Crippen MR) is 134 cm³/mol. The molecule has 34 heavy (non-hydrogen) atoms. The van der Waals surface area contributed by atoms with Crippen LogP contribution in [0.3, 0.4) is 0 Å². The van der Waals surface area contributed by atoms with Crippen molar-refractivity contribution in [1.82, 2.24) is 10.2 Å². The maximum absolute atomic E-state index is 14.4. The van der Waals surface area contributed by atoms with Gasteiger partial charge in [0.05, 0.1) is 19.1 Å². The highest BCUT2D eigenvalue weighted by Crippen LogP contribution is 2.38. The van der Waals surface area contributed by atoms with Crippen LogP contribution >= 0.6 is 0 Å². The standard InChI is InChI=1S/C27H32N2O4S/c1-32-24-16-21-12-15-29(18-22(21)17-25(24)33-2)27(20-10-13-28-14-11-20)34(30,31)26-9-5-7-19-6-3-4-8-23(19)26/h3-9,16-17,20,27-28H,10-15,18H2,1-2H3. The van der Waals surface area contributed by atoms with E-state index in [4.69, 9.17) is 9.47 Å². The lowest BCUT2D eigenvalue weighted by molar-refractivity contribution is 0.159. The summed E-state index contributed by atoms with van der Waals surface area (Å²) >= 11 is 0.